The topological polar surface area (TPSA) is 55.8 Å². The summed E-state index contributed by atoms with van der Waals surface area (Å²) < 4.78 is 10.7. The third-order valence-electron chi connectivity index (χ3n) is 3.60. The van der Waals surface area contributed by atoms with Crippen LogP contribution in [-0.4, -0.2) is 24.3 Å². The van der Waals surface area contributed by atoms with Gasteiger partial charge in [-0.15, -0.1) is 0 Å². The van der Waals surface area contributed by atoms with Gasteiger partial charge in [0, 0.05) is 12.5 Å². The number of phenolic OH excluding ortho intramolecular Hbond substituents is 1. The summed E-state index contributed by atoms with van der Waals surface area (Å²) >= 11 is 0. The van der Waals surface area contributed by atoms with E-state index in [1.807, 2.05) is 6.92 Å². The fourth-order valence-electron chi connectivity index (χ4n) is 2.52. The first-order valence-electron chi connectivity index (χ1n) is 7.37. The Morgan fingerprint density at radius 1 is 1.29 bits per heavy atom. The molecule has 0 fully saturated rings. The van der Waals surface area contributed by atoms with Gasteiger partial charge < -0.3 is 14.6 Å². The van der Waals surface area contributed by atoms with Crippen LogP contribution in [0.4, 0.5) is 0 Å². The van der Waals surface area contributed by atoms with Crippen LogP contribution in [0.15, 0.2) is 24.3 Å². The van der Waals surface area contributed by atoms with Crippen molar-refractivity contribution in [1.29, 1.82) is 0 Å². The molecular weight excluding hydrogens is 268 g/mol. The Kier molecular flexibility index (Phi) is 5.26. The van der Waals surface area contributed by atoms with E-state index in [-0.39, 0.29) is 17.8 Å². The van der Waals surface area contributed by atoms with Crippen LogP contribution >= 0.6 is 0 Å². The lowest BCUT2D eigenvalue weighted by Gasteiger charge is -2.17. The Hall–Kier alpha value is -1.97. The van der Waals surface area contributed by atoms with Gasteiger partial charge in [-0.05, 0) is 44.2 Å². The molecule has 114 valence electrons. The van der Waals surface area contributed by atoms with Crippen LogP contribution in [0.1, 0.15) is 48.5 Å². The van der Waals surface area contributed by atoms with E-state index >= 15 is 0 Å². The average molecular weight is 290 g/mol. The maximum absolute atomic E-state index is 12.4. The minimum atomic E-state index is -0.386. The van der Waals surface area contributed by atoms with E-state index in [4.69, 9.17) is 9.47 Å². The number of cyclic esters (lactones) is 1. The summed E-state index contributed by atoms with van der Waals surface area (Å²) in [6.07, 6.45) is 8.47. The van der Waals surface area contributed by atoms with E-state index in [2.05, 4.69) is 12.2 Å². The molecule has 1 aromatic carbocycles. The first-order valence-corrected chi connectivity index (χ1v) is 7.37. The monoisotopic (exact) mass is 290 g/mol. The van der Waals surface area contributed by atoms with Gasteiger partial charge in [0.05, 0.1) is 7.11 Å². The maximum atomic E-state index is 12.4. The fraction of sp³-hybridized carbons (Fsp3) is 0.471. The van der Waals surface area contributed by atoms with Crippen molar-refractivity contribution in [3.05, 3.63) is 35.4 Å². The zero-order valence-electron chi connectivity index (χ0n) is 12.6. The Balaban J connectivity index is 2.38. The number of carbonyl (C=O) groups excluding carboxylic acids is 1. The predicted molar refractivity (Wildman–Crippen MR) is 80.8 cm³/mol. The standard InChI is InChI=1S/C17H22O4/c1-12-8-6-4-3-5-7-9-13-10-14(18)11-15(20-2)16(13)17(19)21-12/h4,6,10-12,18H,3,5,7-9H2,1-2H3/t12-/m1/s1. The van der Waals surface area contributed by atoms with Crippen molar-refractivity contribution in [2.45, 2.75) is 45.1 Å². The Morgan fingerprint density at radius 3 is 2.86 bits per heavy atom. The molecule has 0 aliphatic carbocycles. The molecule has 1 atom stereocenters. The van der Waals surface area contributed by atoms with Crippen LogP contribution in [0, 0.1) is 0 Å². The zero-order valence-corrected chi connectivity index (χ0v) is 12.6. The number of rotatable bonds is 1. The third kappa shape index (κ3) is 4.00. The number of hydrogen-bond acceptors (Lipinski definition) is 4. The van der Waals surface area contributed by atoms with Crippen molar-refractivity contribution in [1.82, 2.24) is 0 Å². The molecule has 4 nitrogen and oxygen atoms in total. The highest BCUT2D eigenvalue weighted by atomic mass is 16.5. The van der Waals surface area contributed by atoms with E-state index in [0.717, 1.165) is 31.2 Å². The van der Waals surface area contributed by atoms with Gasteiger partial charge in [0.1, 0.15) is 23.2 Å². The number of benzene rings is 1. The smallest absolute Gasteiger partial charge is 0.342 e. The number of ether oxygens (including phenoxy) is 2. The first kappa shape index (κ1) is 15.4. The molecule has 0 aromatic heterocycles. The van der Waals surface area contributed by atoms with Crippen LogP contribution in [0.25, 0.3) is 0 Å². The van der Waals surface area contributed by atoms with Gasteiger partial charge in [0.15, 0.2) is 0 Å². The van der Waals surface area contributed by atoms with E-state index < -0.39 is 0 Å². The van der Waals surface area contributed by atoms with Gasteiger partial charge in [-0.3, -0.25) is 0 Å². The normalized spacial score (nSPS) is 19.9. The number of carbonyl (C=O) groups is 1. The van der Waals surface area contributed by atoms with E-state index in [1.54, 1.807) is 6.07 Å². The number of fused-ring (bicyclic) bond motifs is 1. The lowest BCUT2D eigenvalue weighted by molar-refractivity contribution is 0.0343. The lowest BCUT2D eigenvalue weighted by atomic mass is 9.99. The van der Waals surface area contributed by atoms with Crippen molar-refractivity contribution in [2.24, 2.45) is 0 Å². The molecule has 0 bridgehead atoms. The summed E-state index contributed by atoms with van der Waals surface area (Å²) in [5.41, 5.74) is 1.22. The lowest BCUT2D eigenvalue weighted by Crippen LogP contribution is -2.17. The van der Waals surface area contributed by atoms with E-state index in [0.29, 0.717) is 17.7 Å². The van der Waals surface area contributed by atoms with Gasteiger partial charge in [0.2, 0.25) is 0 Å². The molecule has 0 saturated carbocycles. The highest BCUT2D eigenvalue weighted by molar-refractivity contribution is 5.94. The molecule has 21 heavy (non-hydrogen) atoms. The molecule has 0 amide bonds. The Labute approximate surface area is 125 Å². The predicted octanol–water partition coefficient (Wildman–Crippen LogP) is 3.62. The molecule has 1 heterocycles. The number of aryl methyl sites for hydroxylation is 1. The van der Waals surface area contributed by atoms with E-state index in [1.165, 1.54) is 13.2 Å². The average Bonchev–Trinajstić information content (AvgIpc) is 2.44. The molecule has 0 saturated heterocycles. The maximum Gasteiger partial charge on any atom is 0.342 e. The molecule has 0 unspecified atom stereocenters. The minimum absolute atomic E-state index is 0.110. The van der Waals surface area contributed by atoms with Crippen molar-refractivity contribution < 1.29 is 19.4 Å². The highest BCUT2D eigenvalue weighted by Gasteiger charge is 2.22. The summed E-state index contributed by atoms with van der Waals surface area (Å²) in [5.74, 6) is 0.0940. The zero-order chi connectivity index (χ0) is 15.2. The number of allylic oxidation sites excluding steroid dienone is 1. The second kappa shape index (κ2) is 7.16. The van der Waals surface area contributed by atoms with Gasteiger partial charge in [0.25, 0.3) is 0 Å². The number of aromatic hydroxyl groups is 1. The van der Waals surface area contributed by atoms with Crippen LogP contribution < -0.4 is 4.74 Å². The molecule has 1 N–H and O–H groups in total. The molecule has 1 aliphatic heterocycles. The molecule has 2 rings (SSSR count). The number of methoxy groups -OCH3 is 1. The van der Waals surface area contributed by atoms with Crippen LogP contribution in [0.5, 0.6) is 11.5 Å². The Bertz CT molecular complexity index is 534. The summed E-state index contributed by atoms with van der Waals surface area (Å²) in [4.78, 5) is 12.4. The summed E-state index contributed by atoms with van der Waals surface area (Å²) in [6, 6.07) is 3.09. The number of esters is 1. The first-order chi connectivity index (χ1) is 10.1. The molecule has 0 radical (unpaired) electrons. The van der Waals surface area contributed by atoms with Crippen molar-refractivity contribution in [2.75, 3.05) is 7.11 Å². The van der Waals surface area contributed by atoms with Crippen molar-refractivity contribution >= 4 is 5.97 Å². The molecule has 1 aliphatic rings. The summed E-state index contributed by atoms with van der Waals surface area (Å²) in [5, 5.41) is 9.78. The van der Waals surface area contributed by atoms with E-state index in [9.17, 15) is 9.90 Å². The summed E-state index contributed by atoms with van der Waals surface area (Å²) in [7, 11) is 1.49. The summed E-state index contributed by atoms with van der Waals surface area (Å²) in [6.45, 7) is 1.88. The van der Waals surface area contributed by atoms with Crippen LogP contribution in [-0.2, 0) is 11.2 Å². The second-order valence-corrected chi connectivity index (χ2v) is 5.35. The molecule has 4 heteroatoms. The fourth-order valence-corrected chi connectivity index (χ4v) is 2.52. The molecule has 1 aromatic rings. The van der Waals surface area contributed by atoms with Gasteiger partial charge >= 0.3 is 5.97 Å². The van der Waals surface area contributed by atoms with Crippen LogP contribution in [0.2, 0.25) is 0 Å². The quantitative estimate of drug-likeness (QED) is 0.634. The Morgan fingerprint density at radius 2 is 2.10 bits per heavy atom. The SMILES string of the molecule is COc1cc(O)cc2c1C(=O)O[C@H](C)CC=CCCCC2. The van der Waals surface area contributed by atoms with Crippen molar-refractivity contribution in [3.63, 3.8) is 0 Å². The number of phenols is 1. The van der Waals surface area contributed by atoms with Gasteiger partial charge in [-0.2, -0.15) is 0 Å². The molecule has 0 spiro atoms. The highest BCUT2D eigenvalue weighted by Crippen LogP contribution is 2.30. The van der Waals surface area contributed by atoms with Gasteiger partial charge in [-0.25, -0.2) is 4.79 Å². The largest absolute Gasteiger partial charge is 0.508 e. The van der Waals surface area contributed by atoms with Crippen LogP contribution in [0.3, 0.4) is 0 Å². The second-order valence-electron chi connectivity index (χ2n) is 5.35. The third-order valence-corrected chi connectivity index (χ3v) is 3.60. The molecular formula is C17H22O4. The van der Waals surface area contributed by atoms with Crippen molar-refractivity contribution in [3.8, 4) is 11.5 Å². The van der Waals surface area contributed by atoms with Gasteiger partial charge in [-0.1, -0.05) is 12.2 Å². The number of hydrogen-bond donors (Lipinski definition) is 1. The minimum Gasteiger partial charge on any atom is -0.508 e.